The molecule has 0 aliphatic carbocycles. The zero-order valence-corrected chi connectivity index (χ0v) is 10.0. The molecule has 1 aromatic heterocycles. The summed E-state index contributed by atoms with van der Waals surface area (Å²) < 4.78 is 27.8. The van der Waals surface area contributed by atoms with Crippen molar-refractivity contribution in [3.05, 3.63) is 11.7 Å². The standard InChI is InChI=1S/C9H12N2O5S/c1-9(2-3-17(14,15)5-9)8-10-6(11-16-8)4-7(12)13/h2-5H2,1H3,(H,12,13). The molecular formula is C9H12N2O5S. The lowest BCUT2D eigenvalue weighted by Crippen LogP contribution is -2.23. The van der Waals surface area contributed by atoms with E-state index < -0.39 is 21.2 Å². The summed E-state index contributed by atoms with van der Waals surface area (Å²) in [5, 5.41) is 12.1. The van der Waals surface area contributed by atoms with Crippen molar-refractivity contribution >= 4 is 15.8 Å². The van der Waals surface area contributed by atoms with E-state index in [1.54, 1.807) is 6.92 Å². The molecule has 1 N–H and O–H groups in total. The van der Waals surface area contributed by atoms with Gasteiger partial charge in [-0.25, -0.2) is 8.42 Å². The Morgan fingerprint density at radius 1 is 1.59 bits per heavy atom. The molecule has 2 heterocycles. The monoisotopic (exact) mass is 260 g/mol. The predicted molar refractivity (Wildman–Crippen MR) is 56.3 cm³/mol. The summed E-state index contributed by atoms with van der Waals surface area (Å²) >= 11 is 0. The summed E-state index contributed by atoms with van der Waals surface area (Å²) in [4.78, 5) is 14.4. The van der Waals surface area contributed by atoms with E-state index in [0.29, 0.717) is 6.42 Å². The molecule has 1 saturated heterocycles. The molecule has 0 radical (unpaired) electrons. The van der Waals surface area contributed by atoms with Crippen LogP contribution in [0.5, 0.6) is 0 Å². The smallest absolute Gasteiger partial charge is 0.311 e. The predicted octanol–water partition coefficient (Wildman–Crippen LogP) is -0.227. The second-order valence-electron chi connectivity index (χ2n) is 4.49. The Balaban J connectivity index is 2.23. The second kappa shape index (κ2) is 3.80. The Morgan fingerprint density at radius 3 is 2.82 bits per heavy atom. The third-order valence-electron chi connectivity index (χ3n) is 2.80. The number of hydrogen-bond donors (Lipinski definition) is 1. The lowest BCUT2D eigenvalue weighted by Gasteiger charge is -2.15. The third kappa shape index (κ3) is 2.46. The molecular weight excluding hydrogens is 248 g/mol. The van der Waals surface area contributed by atoms with Crippen molar-refractivity contribution in [2.24, 2.45) is 0 Å². The SMILES string of the molecule is CC1(c2nc(CC(=O)O)no2)CCS(=O)(=O)C1. The van der Waals surface area contributed by atoms with Crippen molar-refractivity contribution in [3.63, 3.8) is 0 Å². The van der Waals surface area contributed by atoms with Crippen molar-refractivity contribution in [2.75, 3.05) is 11.5 Å². The van der Waals surface area contributed by atoms with Crippen LogP contribution in [0.3, 0.4) is 0 Å². The summed E-state index contributed by atoms with van der Waals surface area (Å²) in [5.74, 6) is -0.719. The van der Waals surface area contributed by atoms with Crippen LogP contribution in [0.4, 0.5) is 0 Å². The lowest BCUT2D eigenvalue weighted by atomic mass is 9.90. The van der Waals surface area contributed by atoms with Crippen LogP contribution < -0.4 is 0 Å². The highest BCUT2D eigenvalue weighted by Gasteiger charge is 2.44. The molecule has 0 bridgehead atoms. The zero-order valence-electron chi connectivity index (χ0n) is 9.21. The quantitative estimate of drug-likeness (QED) is 0.799. The first kappa shape index (κ1) is 12.0. The number of aromatic nitrogens is 2. The van der Waals surface area contributed by atoms with Crippen molar-refractivity contribution in [3.8, 4) is 0 Å². The molecule has 1 unspecified atom stereocenters. The van der Waals surface area contributed by atoms with E-state index in [0.717, 1.165) is 0 Å². The minimum absolute atomic E-state index is 0.0330. The largest absolute Gasteiger partial charge is 0.481 e. The fraction of sp³-hybridized carbons (Fsp3) is 0.667. The van der Waals surface area contributed by atoms with Gasteiger partial charge in [0.2, 0.25) is 5.89 Å². The number of rotatable bonds is 3. The molecule has 1 aliphatic rings. The van der Waals surface area contributed by atoms with E-state index >= 15 is 0 Å². The summed E-state index contributed by atoms with van der Waals surface area (Å²) in [6.45, 7) is 1.73. The van der Waals surface area contributed by atoms with Crippen LogP contribution in [-0.2, 0) is 26.5 Å². The molecule has 0 spiro atoms. The minimum Gasteiger partial charge on any atom is -0.481 e. The van der Waals surface area contributed by atoms with E-state index in [2.05, 4.69) is 10.1 Å². The van der Waals surface area contributed by atoms with Gasteiger partial charge in [-0.05, 0) is 13.3 Å². The Hall–Kier alpha value is -1.44. The molecule has 0 amide bonds. The van der Waals surface area contributed by atoms with E-state index in [-0.39, 0.29) is 29.6 Å². The number of aliphatic carboxylic acids is 1. The van der Waals surface area contributed by atoms with Crippen LogP contribution in [0.1, 0.15) is 25.1 Å². The maximum absolute atomic E-state index is 11.4. The lowest BCUT2D eigenvalue weighted by molar-refractivity contribution is -0.136. The van der Waals surface area contributed by atoms with Crippen molar-refractivity contribution in [2.45, 2.75) is 25.2 Å². The zero-order chi connectivity index (χ0) is 12.7. The van der Waals surface area contributed by atoms with E-state index in [9.17, 15) is 13.2 Å². The van der Waals surface area contributed by atoms with E-state index in [1.165, 1.54) is 0 Å². The number of hydrogen-bond acceptors (Lipinski definition) is 6. The Kier molecular flexibility index (Phi) is 2.69. The molecule has 1 aromatic rings. The van der Waals surface area contributed by atoms with E-state index in [1.807, 2.05) is 0 Å². The number of nitrogens with zero attached hydrogens (tertiary/aromatic N) is 2. The number of carboxylic acid groups (broad SMARTS) is 1. The van der Waals surface area contributed by atoms with Crippen LogP contribution in [0.25, 0.3) is 0 Å². The van der Waals surface area contributed by atoms with Crippen LogP contribution in [0.15, 0.2) is 4.52 Å². The summed E-state index contributed by atoms with van der Waals surface area (Å²) in [7, 11) is -3.06. The van der Waals surface area contributed by atoms with Gasteiger partial charge in [-0.3, -0.25) is 4.79 Å². The molecule has 1 aliphatic heterocycles. The van der Waals surface area contributed by atoms with Crippen molar-refractivity contribution < 1.29 is 22.8 Å². The van der Waals surface area contributed by atoms with Crippen LogP contribution >= 0.6 is 0 Å². The third-order valence-corrected chi connectivity index (χ3v) is 4.70. The fourth-order valence-corrected chi connectivity index (χ4v) is 4.03. The molecule has 17 heavy (non-hydrogen) atoms. The maximum atomic E-state index is 11.4. The highest BCUT2D eigenvalue weighted by Crippen LogP contribution is 2.34. The minimum atomic E-state index is -3.06. The highest BCUT2D eigenvalue weighted by atomic mass is 32.2. The molecule has 1 atom stereocenters. The van der Waals surface area contributed by atoms with Crippen molar-refractivity contribution in [1.82, 2.24) is 10.1 Å². The molecule has 2 rings (SSSR count). The molecule has 7 nitrogen and oxygen atoms in total. The molecule has 8 heteroatoms. The van der Waals surface area contributed by atoms with Crippen LogP contribution in [0.2, 0.25) is 0 Å². The van der Waals surface area contributed by atoms with Crippen LogP contribution in [-0.4, -0.2) is 41.1 Å². The average Bonchev–Trinajstić information content (AvgIpc) is 2.71. The van der Waals surface area contributed by atoms with Gasteiger partial charge in [0.1, 0.15) is 6.42 Å². The van der Waals surface area contributed by atoms with Gasteiger partial charge >= 0.3 is 5.97 Å². The first-order valence-electron chi connectivity index (χ1n) is 5.06. The van der Waals surface area contributed by atoms with Gasteiger partial charge < -0.3 is 9.63 Å². The first-order chi connectivity index (χ1) is 7.81. The molecule has 94 valence electrons. The van der Waals surface area contributed by atoms with Crippen LogP contribution in [0, 0.1) is 0 Å². The Labute approximate surface area is 97.7 Å². The summed E-state index contributed by atoms with van der Waals surface area (Å²) in [6, 6.07) is 0. The van der Waals surface area contributed by atoms with Gasteiger partial charge in [-0.15, -0.1) is 0 Å². The Morgan fingerprint density at radius 2 is 2.29 bits per heavy atom. The van der Waals surface area contributed by atoms with Gasteiger partial charge in [-0.2, -0.15) is 4.98 Å². The maximum Gasteiger partial charge on any atom is 0.311 e. The number of carbonyl (C=O) groups is 1. The normalized spacial score (nSPS) is 27.1. The first-order valence-corrected chi connectivity index (χ1v) is 6.88. The van der Waals surface area contributed by atoms with Gasteiger partial charge in [0.15, 0.2) is 15.7 Å². The molecule has 0 aromatic carbocycles. The van der Waals surface area contributed by atoms with Gasteiger partial charge in [0.25, 0.3) is 0 Å². The molecule has 1 fully saturated rings. The summed E-state index contributed by atoms with van der Waals surface area (Å²) in [6.07, 6.45) is 0.0936. The average molecular weight is 260 g/mol. The van der Waals surface area contributed by atoms with Gasteiger partial charge in [-0.1, -0.05) is 5.16 Å². The van der Waals surface area contributed by atoms with Gasteiger partial charge in [0, 0.05) is 0 Å². The molecule has 0 saturated carbocycles. The summed E-state index contributed by atoms with van der Waals surface area (Å²) in [5.41, 5.74) is -0.692. The number of sulfone groups is 1. The van der Waals surface area contributed by atoms with Crippen molar-refractivity contribution in [1.29, 1.82) is 0 Å². The topological polar surface area (TPSA) is 110 Å². The number of carboxylic acids is 1. The van der Waals surface area contributed by atoms with E-state index in [4.69, 9.17) is 9.63 Å². The second-order valence-corrected chi connectivity index (χ2v) is 6.67. The highest BCUT2D eigenvalue weighted by molar-refractivity contribution is 7.91. The fourth-order valence-electron chi connectivity index (χ4n) is 1.89. The Bertz CT molecular complexity index is 549. The van der Waals surface area contributed by atoms with Gasteiger partial charge in [0.05, 0.1) is 16.9 Å².